The van der Waals surface area contributed by atoms with Crippen molar-refractivity contribution in [3.8, 4) is 0 Å². The van der Waals surface area contributed by atoms with Crippen LogP contribution in [0.4, 0.5) is 5.82 Å². The number of carbonyl (C=O) groups excluding carboxylic acids is 1. The number of sulfonamides is 1. The highest BCUT2D eigenvalue weighted by Crippen LogP contribution is 2.18. The molecule has 1 amide bonds. The normalized spacial score (nSPS) is 17.9. The van der Waals surface area contributed by atoms with Gasteiger partial charge in [0.15, 0.2) is 0 Å². The van der Waals surface area contributed by atoms with Gasteiger partial charge in [-0.25, -0.2) is 19.2 Å². The number of hydrogen-bond acceptors (Lipinski definition) is 6. The summed E-state index contributed by atoms with van der Waals surface area (Å²) in [5.41, 5.74) is 2.33. The standard InChI is InChI=1S/C11H17N5O3S/c1-15-5-2-6-16(8-11(15)17)20(18,19)9-3-4-10(14-12)13-7-9/h3-4,7H,2,5-6,8,12H2,1H3,(H,13,14). The van der Waals surface area contributed by atoms with Crippen molar-refractivity contribution in [2.45, 2.75) is 11.3 Å². The number of pyridine rings is 1. The molecule has 0 aliphatic carbocycles. The second-order valence-corrected chi connectivity index (χ2v) is 6.47. The van der Waals surface area contributed by atoms with Gasteiger partial charge < -0.3 is 10.3 Å². The van der Waals surface area contributed by atoms with Gasteiger partial charge >= 0.3 is 0 Å². The van der Waals surface area contributed by atoms with Crippen molar-refractivity contribution in [3.63, 3.8) is 0 Å². The molecule has 1 aliphatic heterocycles. The molecule has 1 aromatic heterocycles. The number of nitrogens with one attached hydrogen (secondary N) is 1. The number of carbonyl (C=O) groups is 1. The summed E-state index contributed by atoms with van der Waals surface area (Å²) >= 11 is 0. The number of rotatable bonds is 3. The molecule has 1 saturated heterocycles. The summed E-state index contributed by atoms with van der Waals surface area (Å²) in [5, 5.41) is 0. The molecule has 3 N–H and O–H groups in total. The second kappa shape index (κ2) is 5.73. The molecule has 110 valence electrons. The monoisotopic (exact) mass is 299 g/mol. The number of hydrogen-bond donors (Lipinski definition) is 2. The summed E-state index contributed by atoms with van der Waals surface area (Å²) in [6.07, 6.45) is 1.83. The summed E-state index contributed by atoms with van der Waals surface area (Å²) in [6.45, 7) is 0.726. The van der Waals surface area contributed by atoms with Crippen LogP contribution in [0.15, 0.2) is 23.2 Å². The number of amides is 1. The summed E-state index contributed by atoms with van der Waals surface area (Å²) in [7, 11) is -2.04. The maximum atomic E-state index is 12.5. The van der Waals surface area contributed by atoms with Gasteiger partial charge in [0.05, 0.1) is 6.54 Å². The fourth-order valence-electron chi connectivity index (χ4n) is 1.93. The van der Waals surface area contributed by atoms with Gasteiger partial charge in [0.1, 0.15) is 10.7 Å². The SMILES string of the molecule is CN1CCCN(S(=O)(=O)c2ccc(NN)nc2)CC1=O. The molecule has 0 spiro atoms. The van der Waals surface area contributed by atoms with Gasteiger partial charge in [-0.15, -0.1) is 0 Å². The Morgan fingerprint density at radius 3 is 2.70 bits per heavy atom. The van der Waals surface area contributed by atoms with Gasteiger partial charge in [-0.1, -0.05) is 0 Å². The summed E-state index contributed by atoms with van der Waals surface area (Å²) in [4.78, 5) is 17.2. The lowest BCUT2D eigenvalue weighted by atomic mass is 10.4. The highest BCUT2D eigenvalue weighted by Gasteiger charge is 2.29. The van der Waals surface area contributed by atoms with E-state index in [-0.39, 0.29) is 17.3 Å². The fourth-order valence-corrected chi connectivity index (χ4v) is 3.31. The Labute approximate surface area is 117 Å². The van der Waals surface area contributed by atoms with Crippen molar-refractivity contribution in [1.82, 2.24) is 14.2 Å². The van der Waals surface area contributed by atoms with Crippen LogP contribution in [0.5, 0.6) is 0 Å². The number of hydrazine groups is 1. The summed E-state index contributed by atoms with van der Waals surface area (Å²) < 4.78 is 26.1. The molecule has 1 fully saturated rings. The van der Waals surface area contributed by atoms with Crippen molar-refractivity contribution in [1.29, 1.82) is 0 Å². The average molecular weight is 299 g/mol. The van der Waals surface area contributed by atoms with E-state index in [9.17, 15) is 13.2 Å². The third-order valence-corrected chi connectivity index (χ3v) is 4.99. The van der Waals surface area contributed by atoms with Crippen molar-refractivity contribution in [2.24, 2.45) is 5.84 Å². The zero-order chi connectivity index (χ0) is 14.8. The van der Waals surface area contributed by atoms with Crippen LogP contribution in [0.3, 0.4) is 0 Å². The molecule has 20 heavy (non-hydrogen) atoms. The predicted molar refractivity (Wildman–Crippen MR) is 73.1 cm³/mol. The first kappa shape index (κ1) is 14.7. The number of likely N-dealkylation sites (N-methyl/N-ethyl adjacent to an activating group) is 1. The molecule has 9 heteroatoms. The molecule has 8 nitrogen and oxygen atoms in total. The van der Waals surface area contributed by atoms with E-state index in [1.54, 1.807) is 7.05 Å². The number of aromatic nitrogens is 1. The lowest BCUT2D eigenvalue weighted by molar-refractivity contribution is -0.129. The maximum Gasteiger partial charge on any atom is 0.245 e. The number of nitrogen functional groups attached to an aromatic ring is 1. The summed E-state index contributed by atoms with van der Waals surface area (Å²) in [6, 6.07) is 2.88. The Morgan fingerprint density at radius 1 is 1.35 bits per heavy atom. The van der Waals surface area contributed by atoms with Crippen molar-refractivity contribution >= 4 is 21.7 Å². The Kier molecular flexibility index (Phi) is 4.21. The van der Waals surface area contributed by atoms with Crippen LogP contribution in [0, 0.1) is 0 Å². The molecule has 0 aromatic carbocycles. The minimum atomic E-state index is -3.71. The molecule has 0 unspecified atom stereocenters. The van der Waals surface area contributed by atoms with Gasteiger partial charge in [0.25, 0.3) is 0 Å². The molecule has 0 bridgehead atoms. The molecule has 0 saturated carbocycles. The zero-order valence-corrected chi connectivity index (χ0v) is 11.9. The fraction of sp³-hybridized carbons (Fsp3) is 0.455. The molecular weight excluding hydrogens is 282 g/mol. The van der Waals surface area contributed by atoms with E-state index in [0.29, 0.717) is 25.3 Å². The van der Waals surface area contributed by atoms with Gasteiger partial charge in [-0.05, 0) is 18.6 Å². The maximum absolute atomic E-state index is 12.5. The largest absolute Gasteiger partial charge is 0.345 e. The Bertz CT molecular complexity index is 587. The molecule has 0 atom stereocenters. The van der Waals surface area contributed by atoms with E-state index in [1.165, 1.54) is 27.5 Å². The van der Waals surface area contributed by atoms with Crippen LogP contribution in [0.2, 0.25) is 0 Å². The predicted octanol–water partition coefficient (Wildman–Crippen LogP) is -0.780. The zero-order valence-electron chi connectivity index (χ0n) is 11.1. The number of nitrogens with zero attached hydrogens (tertiary/aromatic N) is 3. The molecule has 1 aliphatic rings. The quantitative estimate of drug-likeness (QED) is 0.560. The van der Waals surface area contributed by atoms with Crippen LogP contribution < -0.4 is 11.3 Å². The highest BCUT2D eigenvalue weighted by molar-refractivity contribution is 7.89. The molecule has 0 radical (unpaired) electrons. The van der Waals surface area contributed by atoms with E-state index in [0.717, 1.165) is 0 Å². The molecule has 2 rings (SSSR count). The van der Waals surface area contributed by atoms with Gasteiger partial charge in [0, 0.05) is 26.3 Å². The van der Waals surface area contributed by atoms with E-state index >= 15 is 0 Å². The first-order valence-corrected chi connectivity index (χ1v) is 7.56. The third kappa shape index (κ3) is 2.89. The Hall–Kier alpha value is -1.71. The first-order chi connectivity index (χ1) is 9.45. The van der Waals surface area contributed by atoms with Crippen LogP contribution in [0.1, 0.15) is 6.42 Å². The smallest absolute Gasteiger partial charge is 0.245 e. The van der Waals surface area contributed by atoms with Crippen molar-refractivity contribution in [2.75, 3.05) is 32.1 Å². The van der Waals surface area contributed by atoms with E-state index < -0.39 is 10.0 Å². The van der Waals surface area contributed by atoms with Crippen LogP contribution in [0.25, 0.3) is 0 Å². The summed E-state index contributed by atoms with van der Waals surface area (Å²) in [5.74, 6) is 5.35. The lowest BCUT2D eigenvalue weighted by Crippen LogP contribution is -2.38. The second-order valence-electron chi connectivity index (χ2n) is 4.53. The average Bonchev–Trinajstić information content (AvgIpc) is 2.61. The van der Waals surface area contributed by atoms with Crippen molar-refractivity contribution < 1.29 is 13.2 Å². The minimum Gasteiger partial charge on any atom is -0.345 e. The van der Waals surface area contributed by atoms with Crippen molar-refractivity contribution in [3.05, 3.63) is 18.3 Å². The number of anilines is 1. The van der Waals surface area contributed by atoms with Gasteiger partial charge in [-0.2, -0.15) is 4.31 Å². The highest BCUT2D eigenvalue weighted by atomic mass is 32.2. The molecular formula is C11H17N5O3S. The van der Waals surface area contributed by atoms with Crippen LogP contribution in [-0.2, 0) is 14.8 Å². The number of nitrogens with two attached hydrogens (primary N) is 1. The van der Waals surface area contributed by atoms with Gasteiger partial charge in [-0.3, -0.25) is 4.79 Å². The first-order valence-electron chi connectivity index (χ1n) is 6.12. The van der Waals surface area contributed by atoms with Crippen LogP contribution in [-0.4, -0.2) is 55.2 Å². The molecule has 1 aromatic rings. The lowest BCUT2D eigenvalue weighted by Gasteiger charge is -2.19. The Morgan fingerprint density at radius 2 is 2.10 bits per heavy atom. The van der Waals surface area contributed by atoms with E-state index in [4.69, 9.17) is 5.84 Å². The van der Waals surface area contributed by atoms with E-state index in [2.05, 4.69) is 10.4 Å². The Balaban J connectivity index is 2.26. The van der Waals surface area contributed by atoms with E-state index in [1.807, 2.05) is 0 Å². The minimum absolute atomic E-state index is 0.0499. The topological polar surface area (TPSA) is 109 Å². The third-order valence-electron chi connectivity index (χ3n) is 3.16. The molecule has 2 heterocycles. The van der Waals surface area contributed by atoms with Gasteiger partial charge in [0.2, 0.25) is 15.9 Å². The van der Waals surface area contributed by atoms with Crippen LogP contribution >= 0.6 is 0 Å².